The Morgan fingerprint density at radius 3 is 2.52 bits per heavy atom. The summed E-state index contributed by atoms with van der Waals surface area (Å²) in [6, 6.07) is 18.8. The molecule has 0 aliphatic carbocycles. The topological polar surface area (TPSA) is 75.0 Å². The second-order valence-corrected chi connectivity index (χ2v) is 5.72. The number of aryl methyl sites for hydroxylation is 1. The monoisotopic (exact) mass is 331 g/mol. The van der Waals surface area contributed by atoms with Gasteiger partial charge in [-0.3, -0.25) is 0 Å². The highest BCUT2D eigenvalue weighted by atomic mass is 16.3. The molecular formula is C19H17N5O. The SMILES string of the molecule is Cn1c(Nc2ccccc2)nc2cnc(Nc3cccc(O)c3)cc21. The Morgan fingerprint density at radius 1 is 0.920 bits per heavy atom. The molecule has 4 aromatic rings. The molecule has 6 heteroatoms. The summed E-state index contributed by atoms with van der Waals surface area (Å²) >= 11 is 0. The Labute approximate surface area is 144 Å². The number of para-hydroxylation sites is 1. The van der Waals surface area contributed by atoms with Gasteiger partial charge < -0.3 is 20.3 Å². The molecule has 0 bridgehead atoms. The first-order valence-electron chi connectivity index (χ1n) is 7.90. The molecule has 6 nitrogen and oxygen atoms in total. The number of phenolic OH excluding ortho intramolecular Hbond substituents is 1. The molecule has 0 unspecified atom stereocenters. The fraction of sp³-hybridized carbons (Fsp3) is 0.0526. The number of phenols is 1. The zero-order valence-corrected chi connectivity index (χ0v) is 13.6. The Balaban J connectivity index is 1.65. The van der Waals surface area contributed by atoms with Gasteiger partial charge in [0.1, 0.15) is 17.1 Å². The maximum Gasteiger partial charge on any atom is 0.208 e. The first kappa shape index (κ1) is 15.0. The van der Waals surface area contributed by atoms with Crippen molar-refractivity contribution in [1.29, 1.82) is 0 Å². The smallest absolute Gasteiger partial charge is 0.208 e. The van der Waals surface area contributed by atoms with E-state index >= 15 is 0 Å². The van der Waals surface area contributed by atoms with E-state index in [1.165, 1.54) is 0 Å². The van der Waals surface area contributed by atoms with E-state index in [0.29, 0.717) is 5.82 Å². The summed E-state index contributed by atoms with van der Waals surface area (Å²) in [6.45, 7) is 0. The summed E-state index contributed by atoms with van der Waals surface area (Å²) in [5, 5.41) is 16.1. The van der Waals surface area contributed by atoms with Crippen LogP contribution >= 0.6 is 0 Å². The second-order valence-electron chi connectivity index (χ2n) is 5.72. The molecule has 2 aromatic carbocycles. The van der Waals surface area contributed by atoms with Crippen LogP contribution in [0.25, 0.3) is 11.0 Å². The van der Waals surface area contributed by atoms with Crippen LogP contribution in [0.3, 0.4) is 0 Å². The summed E-state index contributed by atoms with van der Waals surface area (Å²) < 4.78 is 1.98. The van der Waals surface area contributed by atoms with Crippen molar-refractivity contribution < 1.29 is 5.11 Å². The molecule has 2 heterocycles. The van der Waals surface area contributed by atoms with E-state index in [2.05, 4.69) is 20.6 Å². The number of fused-ring (bicyclic) bond motifs is 1. The number of nitrogens with one attached hydrogen (secondary N) is 2. The summed E-state index contributed by atoms with van der Waals surface area (Å²) in [4.78, 5) is 8.99. The molecule has 0 aliphatic rings. The van der Waals surface area contributed by atoms with Crippen LogP contribution in [-0.4, -0.2) is 19.6 Å². The number of aromatic nitrogens is 3. The molecule has 0 saturated carbocycles. The van der Waals surface area contributed by atoms with Gasteiger partial charge in [0.2, 0.25) is 5.95 Å². The van der Waals surface area contributed by atoms with Gasteiger partial charge in [-0.15, -0.1) is 0 Å². The molecule has 124 valence electrons. The van der Waals surface area contributed by atoms with Crippen LogP contribution in [0.15, 0.2) is 66.9 Å². The Kier molecular flexibility index (Phi) is 3.70. The number of hydrogen-bond donors (Lipinski definition) is 3. The average molecular weight is 331 g/mol. The fourth-order valence-corrected chi connectivity index (χ4v) is 2.66. The first-order chi connectivity index (χ1) is 12.2. The minimum Gasteiger partial charge on any atom is -0.508 e. The van der Waals surface area contributed by atoms with Crippen LogP contribution in [0, 0.1) is 0 Å². The van der Waals surface area contributed by atoms with Crippen molar-refractivity contribution in [3.63, 3.8) is 0 Å². The molecule has 3 N–H and O–H groups in total. The van der Waals surface area contributed by atoms with Gasteiger partial charge in [0, 0.05) is 30.6 Å². The number of pyridine rings is 1. The lowest BCUT2D eigenvalue weighted by molar-refractivity contribution is 0.475. The van der Waals surface area contributed by atoms with Gasteiger partial charge in [0.05, 0.1) is 11.7 Å². The number of anilines is 4. The zero-order valence-electron chi connectivity index (χ0n) is 13.6. The second kappa shape index (κ2) is 6.16. The number of imidazole rings is 1. The largest absolute Gasteiger partial charge is 0.508 e. The number of nitrogens with zero attached hydrogens (tertiary/aromatic N) is 3. The van der Waals surface area contributed by atoms with Crippen molar-refractivity contribution in [3.8, 4) is 5.75 Å². The van der Waals surface area contributed by atoms with Gasteiger partial charge in [-0.05, 0) is 24.3 Å². The van der Waals surface area contributed by atoms with Crippen LogP contribution in [0.4, 0.5) is 23.1 Å². The highest BCUT2D eigenvalue weighted by Crippen LogP contribution is 2.25. The van der Waals surface area contributed by atoms with Crippen LogP contribution in [0.5, 0.6) is 5.75 Å². The molecule has 0 spiro atoms. The molecule has 0 saturated heterocycles. The average Bonchev–Trinajstić information content (AvgIpc) is 2.92. The molecule has 0 amide bonds. The van der Waals surface area contributed by atoms with Gasteiger partial charge in [0.15, 0.2) is 0 Å². The lowest BCUT2D eigenvalue weighted by Crippen LogP contribution is -1.99. The molecule has 4 rings (SSSR count). The van der Waals surface area contributed by atoms with Crippen LogP contribution in [-0.2, 0) is 7.05 Å². The maximum atomic E-state index is 9.57. The third-order valence-electron chi connectivity index (χ3n) is 3.92. The van der Waals surface area contributed by atoms with E-state index in [1.807, 2.05) is 54.1 Å². The van der Waals surface area contributed by atoms with Gasteiger partial charge >= 0.3 is 0 Å². The van der Waals surface area contributed by atoms with Crippen LogP contribution in [0.2, 0.25) is 0 Å². The molecule has 0 radical (unpaired) electrons. The summed E-state index contributed by atoms with van der Waals surface area (Å²) in [5.41, 5.74) is 3.52. The van der Waals surface area contributed by atoms with Gasteiger partial charge in [-0.1, -0.05) is 24.3 Å². The third-order valence-corrected chi connectivity index (χ3v) is 3.92. The molecule has 0 atom stereocenters. The molecule has 0 fully saturated rings. The molecule has 2 aromatic heterocycles. The van der Waals surface area contributed by atoms with Gasteiger partial charge in [0.25, 0.3) is 0 Å². The van der Waals surface area contributed by atoms with Crippen molar-refractivity contribution >= 4 is 34.2 Å². The summed E-state index contributed by atoms with van der Waals surface area (Å²) in [7, 11) is 1.96. The standard InChI is InChI=1S/C19H17N5O/c1-24-17-11-18(21-14-8-5-9-15(25)10-14)20-12-16(17)23-19(24)22-13-6-3-2-4-7-13/h2-12,25H,1H3,(H,20,21)(H,22,23). The van der Waals surface area contributed by atoms with Gasteiger partial charge in [-0.2, -0.15) is 0 Å². The molecule has 25 heavy (non-hydrogen) atoms. The van der Waals surface area contributed by atoms with E-state index in [0.717, 1.165) is 28.4 Å². The Bertz CT molecular complexity index is 1030. The minimum absolute atomic E-state index is 0.209. The van der Waals surface area contributed by atoms with Crippen molar-refractivity contribution in [1.82, 2.24) is 14.5 Å². The van der Waals surface area contributed by atoms with Crippen molar-refractivity contribution in [2.24, 2.45) is 7.05 Å². The molecular weight excluding hydrogens is 314 g/mol. The van der Waals surface area contributed by atoms with E-state index < -0.39 is 0 Å². The predicted molar refractivity (Wildman–Crippen MR) is 99.6 cm³/mol. The summed E-state index contributed by atoms with van der Waals surface area (Å²) in [5.74, 6) is 1.64. The molecule has 0 aliphatic heterocycles. The highest BCUT2D eigenvalue weighted by Gasteiger charge is 2.09. The predicted octanol–water partition coefficient (Wildman–Crippen LogP) is 4.16. The minimum atomic E-state index is 0.209. The fourth-order valence-electron chi connectivity index (χ4n) is 2.66. The Morgan fingerprint density at radius 2 is 1.72 bits per heavy atom. The van der Waals surface area contributed by atoms with Crippen molar-refractivity contribution in [2.75, 3.05) is 10.6 Å². The lowest BCUT2D eigenvalue weighted by atomic mass is 10.3. The van der Waals surface area contributed by atoms with E-state index in [9.17, 15) is 5.11 Å². The highest BCUT2D eigenvalue weighted by molar-refractivity contribution is 5.82. The van der Waals surface area contributed by atoms with Crippen molar-refractivity contribution in [2.45, 2.75) is 0 Å². The lowest BCUT2D eigenvalue weighted by Gasteiger charge is -2.07. The van der Waals surface area contributed by atoms with Gasteiger partial charge in [-0.25, -0.2) is 9.97 Å². The zero-order chi connectivity index (χ0) is 17.2. The van der Waals surface area contributed by atoms with Crippen LogP contribution in [0.1, 0.15) is 0 Å². The third kappa shape index (κ3) is 3.10. The maximum absolute atomic E-state index is 9.57. The number of rotatable bonds is 4. The number of benzene rings is 2. The van der Waals surface area contributed by atoms with E-state index in [-0.39, 0.29) is 5.75 Å². The van der Waals surface area contributed by atoms with Crippen molar-refractivity contribution in [3.05, 3.63) is 66.9 Å². The number of aromatic hydroxyl groups is 1. The van der Waals surface area contributed by atoms with E-state index in [1.54, 1.807) is 24.4 Å². The first-order valence-corrected chi connectivity index (χ1v) is 7.90. The quantitative estimate of drug-likeness (QED) is 0.523. The normalized spacial score (nSPS) is 10.8. The number of hydrogen-bond acceptors (Lipinski definition) is 5. The van der Waals surface area contributed by atoms with E-state index in [4.69, 9.17) is 0 Å². The Hall–Kier alpha value is -3.54. The summed E-state index contributed by atoms with van der Waals surface area (Å²) in [6.07, 6.45) is 1.73. The van der Waals surface area contributed by atoms with Crippen LogP contribution < -0.4 is 10.6 Å².